The second kappa shape index (κ2) is 4.07. The lowest BCUT2D eigenvalue weighted by Crippen LogP contribution is -2.42. The molecule has 14 heavy (non-hydrogen) atoms. The summed E-state index contributed by atoms with van der Waals surface area (Å²) in [6.45, 7) is 4.65. The van der Waals surface area contributed by atoms with Crippen molar-refractivity contribution in [2.24, 2.45) is 0 Å². The fraction of sp³-hybridized carbons (Fsp3) is 0.455. The predicted octanol–water partition coefficient (Wildman–Crippen LogP) is 1.37. The van der Waals surface area contributed by atoms with Gasteiger partial charge in [-0.05, 0) is 13.0 Å². The quantitative estimate of drug-likeness (QED) is 0.705. The SMILES string of the molecule is Cc1ccc(F)c([C@H]2CNCCN2)c1. The number of nitrogens with one attached hydrogen (secondary N) is 2. The van der Waals surface area contributed by atoms with E-state index in [4.69, 9.17) is 0 Å². The highest BCUT2D eigenvalue weighted by Crippen LogP contribution is 2.18. The summed E-state index contributed by atoms with van der Waals surface area (Å²) in [5.41, 5.74) is 1.88. The maximum absolute atomic E-state index is 13.5. The summed E-state index contributed by atoms with van der Waals surface area (Å²) in [6.07, 6.45) is 0. The summed E-state index contributed by atoms with van der Waals surface area (Å²) < 4.78 is 13.5. The smallest absolute Gasteiger partial charge is 0.128 e. The van der Waals surface area contributed by atoms with Crippen LogP contribution >= 0.6 is 0 Å². The Hall–Kier alpha value is -0.930. The van der Waals surface area contributed by atoms with Crippen LogP contribution in [0.2, 0.25) is 0 Å². The van der Waals surface area contributed by atoms with Gasteiger partial charge in [-0.25, -0.2) is 4.39 Å². The van der Waals surface area contributed by atoms with Gasteiger partial charge in [-0.3, -0.25) is 0 Å². The number of piperazine rings is 1. The maximum Gasteiger partial charge on any atom is 0.128 e. The van der Waals surface area contributed by atoms with Crippen LogP contribution in [0.1, 0.15) is 17.2 Å². The van der Waals surface area contributed by atoms with E-state index in [1.54, 1.807) is 12.1 Å². The summed E-state index contributed by atoms with van der Waals surface area (Å²) in [7, 11) is 0. The van der Waals surface area contributed by atoms with Gasteiger partial charge >= 0.3 is 0 Å². The van der Waals surface area contributed by atoms with Crippen LogP contribution in [0.15, 0.2) is 18.2 Å². The van der Waals surface area contributed by atoms with Gasteiger partial charge < -0.3 is 10.6 Å². The van der Waals surface area contributed by atoms with Crippen LogP contribution in [0.4, 0.5) is 4.39 Å². The molecule has 0 spiro atoms. The number of halogens is 1. The molecule has 2 N–H and O–H groups in total. The highest BCUT2D eigenvalue weighted by molar-refractivity contribution is 5.27. The van der Waals surface area contributed by atoms with E-state index >= 15 is 0 Å². The molecular formula is C11H15FN2. The van der Waals surface area contributed by atoms with Crippen molar-refractivity contribution in [2.75, 3.05) is 19.6 Å². The van der Waals surface area contributed by atoms with Crippen molar-refractivity contribution in [3.8, 4) is 0 Å². The maximum atomic E-state index is 13.5. The van der Waals surface area contributed by atoms with E-state index in [-0.39, 0.29) is 11.9 Å². The average molecular weight is 194 g/mol. The number of benzene rings is 1. The van der Waals surface area contributed by atoms with Crippen molar-refractivity contribution >= 4 is 0 Å². The zero-order valence-electron chi connectivity index (χ0n) is 8.31. The zero-order chi connectivity index (χ0) is 9.97. The van der Waals surface area contributed by atoms with Gasteiger partial charge in [-0.2, -0.15) is 0 Å². The van der Waals surface area contributed by atoms with Crippen molar-refractivity contribution in [1.29, 1.82) is 0 Å². The Balaban J connectivity index is 2.24. The summed E-state index contributed by atoms with van der Waals surface area (Å²) in [5.74, 6) is -0.114. The summed E-state index contributed by atoms with van der Waals surface area (Å²) in [4.78, 5) is 0. The van der Waals surface area contributed by atoms with Crippen molar-refractivity contribution in [3.63, 3.8) is 0 Å². The van der Waals surface area contributed by atoms with Crippen molar-refractivity contribution in [3.05, 3.63) is 35.1 Å². The van der Waals surface area contributed by atoms with Crippen LogP contribution in [0.25, 0.3) is 0 Å². The number of aryl methyl sites for hydroxylation is 1. The molecule has 0 amide bonds. The van der Waals surface area contributed by atoms with Crippen molar-refractivity contribution in [2.45, 2.75) is 13.0 Å². The highest BCUT2D eigenvalue weighted by atomic mass is 19.1. The lowest BCUT2D eigenvalue weighted by molar-refractivity contribution is 0.416. The first-order valence-corrected chi connectivity index (χ1v) is 4.97. The highest BCUT2D eigenvalue weighted by Gasteiger charge is 2.17. The Morgan fingerprint density at radius 3 is 2.93 bits per heavy atom. The minimum atomic E-state index is -0.114. The number of rotatable bonds is 1. The molecule has 1 fully saturated rings. The van der Waals surface area contributed by atoms with Gasteiger partial charge in [0.1, 0.15) is 5.82 Å². The van der Waals surface area contributed by atoms with Gasteiger partial charge in [0.25, 0.3) is 0 Å². The van der Waals surface area contributed by atoms with Crippen molar-refractivity contribution < 1.29 is 4.39 Å². The molecule has 0 aromatic heterocycles. The molecule has 2 nitrogen and oxygen atoms in total. The van der Waals surface area contributed by atoms with Crippen LogP contribution in [-0.2, 0) is 0 Å². The van der Waals surface area contributed by atoms with Gasteiger partial charge in [0.15, 0.2) is 0 Å². The van der Waals surface area contributed by atoms with Crippen LogP contribution in [0.3, 0.4) is 0 Å². The molecule has 1 aliphatic heterocycles. The van der Waals surface area contributed by atoms with Gasteiger partial charge in [0, 0.05) is 31.2 Å². The summed E-state index contributed by atoms with van der Waals surface area (Å²) in [6, 6.07) is 5.37. The summed E-state index contributed by atoms with van der Waals surface area (Å²) >= 11 is 0. The van der Waals surface area contributed by atoms with E-state index in [0.29, 0.717) is 0 Å². The Morgan fingerprint density at radius 2 is 2.21 bits per heavy atom. The second-order valence-electron chi connectivity index (χ2n) is 3.74. The second-order valence-corrected chi connectivity index (χ2v) is 3.74. The lowest BCUT2D eigenvalue weighted by Gasteiger charge is -2.25. The molecule has 1 aliphatic rings. The topological polar surface area (TPSA) is 24.1 Å². The van der Waals surface area contributed by atoms with Gasteiger partial charge in [-0.1, -0.05) is 17.7 Å². The Labute approximate surface area is 83.5 Å². The fourth-order valence-electron chi connectivity index (χ4n) is 1.80. The third-order valence-corrected chi connectivity index (χ3v) is 2.57. The molecule has 3 heteroatoms. The third-order valence-electron chi connectivity index (χ3n) is 2.57. The zero-order valence-corrected chi connectivity index (χ0v) is 8.31. The van der Waals surface area contributed by atoms with E-state index in [1.165, 1.54) is 0 Å². The molecular weight excluding hydrogens is 179 g/mol. The largest absolute Gasteiger partial charge is 0.314 e. The predicted molar refractivity (Wildman–Crippen MR) is 54.8 cm³/mol. The first-order valence-electron chi connectivity index (χ1n) is 4.97. The van der Waals surface area contributed by atoms with Crippen LogP contribution in [-0.4, -0.2) is 19.6 Å². The van der Waals surface area contributed by atoms with Crippen LogP contribution in [0.5, 0.6) is 0 Å². The van der Waals surface area contributed by atoms with E-state index in [0.717, 1.165) is 30.8 Å². The van der Waals surface area contributed by atoms with E-state index < -0.39 is 0 Å². The van der Waals surface area contributed by atoms with E-state index in [2.05, 4.69) is 10.6 Å². The first-order chi connectivity index (χ1) is 6.77. The normalized spacial score (nSPS) is 22.3. The van der Waals surface area contributed by atoms with Gasteiger partial charge in [0.05, 0.1) is 0 Å². The average Bonchev–Trinajstić information content (AvgIpc) is 2.23. The first kappa shape index (κ1) is 9.62. The lowest BCUT2D eigenvalue weighted by atomic mass is 10.0. The Morgan fingerprint density at radius 1 is 1.36 bits per heavy atom. The third kappa shape index (κ3) is 1.94. The molecule has 0 bridgehead atoms. The molecule has 0 radical (unpaired) electrons. The molecule has 1 aromatic rings. The van der Waals surface area contributed by atoms with Crippen LogP contribution < -0.4 is 10.6 Å². The molecule has 1 atom stereocenters. The van der Waals surface area contributed by atoms with Gasteiger partial charge in [-0.15, -0.1) is 0 Å². The molecule has 0 saturated carbocycles. The molecule has 1 aromatic carbocycles. The van der Waals surface area contributed by atoms with E-state index in [1.807, 2.05) is 13.0 Å². The monoisotopic (exact) mass is 194 g/mol. The molecule has 1 saturated heterocycles. The fourth-order valence-corrected chi connectivity index (χ4v) is 1.80. The standard InChI is InChI=1S/C11H15FN2/c1-8-2-3-10(12)9(6-8)11-7-13-4-5-14-11/h2-3,6,11,13-14H,4-5,7H2,1H3/t11-/m1/s1. The molecule has 1 heterocycles. The minimum Gasteiger partial charge on any atom is -0.314 e. The van der Waals surface area contributed by atoms with E-state index in [9.17, 15) is 4.39 Å². The molecule has 2 rings (SSSR count). The molecule has 76 valence electrons. The Kier molecular flexibility index (Phi) is 2.79. The molecule has 0 unspecified atom stereocenters. The number of hydrogen-bond donors (Lipinski definition) is 2. The van der Waals surface area contributed by atoms with Crippen LogP contribution in [0, 0.1) is 12.7 Å². The van der Waals surface area contributed by atoms with Gasteiger partial charge in [0.2, 0.25) is 0 Å². The minimum absolute atomic E-state index is 0.114. The Bertz CT molecular complexity index is 319. The van der Waals surface area contributed by atoms with Crippen molar-refractivity contribution in [1.82, 2.24) is 10.6 Å². The number of hydrogen-bond acceptors (Lipinski definition) is 2. The summed E-state index contributed by atoms with van der Waals surface area (Å²) in [5, 5.41) is 6.55. The molecule has 0 aliphatic carbocycles.